The minimum Gasteiger partial charge on any atom is -0.361 e. The Labute approximate surface area is 144 Å². The van der Waals surface area contributed by atoms with Crippen molar-refractivity contribution >= 4 is 26.8 Å². The molecule has 0 aliphatic heterocycles. The van der Waals surface area contributed by atoms with E-state index in [9.17, 15) is 17.6 Å². The highest BCUT2D eigenvalue weighted by Crippen LogP contribution is 2.18. The minimum absolute atomic E-state index is 0.0500. The van der Waals surface area contributed by atoms with Crippen LogP contribution in [0.15, 0.2) is 48.7 Å². The first-order chi connectivity index (χ1) is 11.8. The first kappa shape index (κ1) is 17.2. The van der Waals surface area contributed by atoms with E-state index >= 15 is 0 Å². The highest BCUT2D eigenvalue weighted by molar-refractivity contribution is 7.89. The average Bonchev–Trinajstić information content (AvgIpc) is 2.93. The number of carbonyl (C=O) groups is 1. The maximum absolute atomic E-state index is 13.1. The Hall–Kier alpha value is -2.67. The fraction of sp³-hybridized carbons (Fsp3) is 0.167. The van der Waals surface area contributed by atoms with Gasteiger partial charge in [0.05, 0.1) is 12.2 Å². The second-order valence-corrected chi connectivity index (χ2v) is 7.61. The number of para-hydroxylation sites is 1. The van der Waals surface area contributed by atoms with E-state index < -0.39 is 21.7 Å². The number of hydrogen-bond acceptors (Lipinski definition) is 3. The topological polar surface area (TPSA) is 79.0 Å². The Morgan fingerprint density at radius 1 is 1.16 bits per heavy atom. The maximum Gasteiger partial charge on any atom is 0.239 e. The van der Waals surface area contributed by atoms with Gasteiger partial charge < -0.3 is 4.98 Å². The summed E-state index contributed by atoms with van der Waals surface area (Å²) in [5.74, 6) is -1.41. The molecule has 0 saturated carbocycles. The zero-order chi connectivity index (χ0) is 18.0. The third-order valence-electron chi connectivity index (χ3n) is 3.95. The highest BCUT2D eigenvalue weighted by atomic mass is 32.2. The van der Waals surface area contributed by atoms with Gasteiger partial charge in [0.15, 0.2) is 0 Å². The van der Waals surface area contributed by atoms with Gasteiger partial charge in [0, 0.05) is 17.1 Å². The molecule has 2 aromatic carbocycles. The van der Waals surface area contributed by atoms with E-state index in [1.165, 1.54) is 18.2 Å². The van der Waals surface area contributed by atoms with Gasteiger partial charge in [0.25, 0.3) is 0 Å². The number of benzene rings is 2. The molecule has 1 heterocycles. The number of aryl methyl sites for hydroxylation is 1. The third-order valence-corrected chi connectivity index (χ3v) is 5.18. The van der Waals surface area contributed by atoms with Crippen molar-refractivity contribution in [3.63, 3.8) is 0 Å². The van der Waals surface area contributed by atoms with Crippen LogP contribution in [0.3, 0.4) is 0 Å². The van der Waals surface area contributed by atoms with Gasteiger partial charge in [-0.05, 0) is 41.8 Å². The minimum atomic E-state index is -3.86. The second kappa shape index (κ2) is 6.68. The molecule has 7 heteroatoms. The fourth-order valence-electron chi connectivity index (χ4n) is 2.72. The number of halogens is 1. The Morgan fingerprint density at radius 2 is 1.92 bits per heavy atom. The van der Waals surface area contributed by atoms with E-state index in [4.69, 9.17) is 0 Å². The molecule has 0 spiro atoms. The van der Waals surface area contributed by atoms with Crippen molar-refractivity contribution in [1.29, 1.82) is 0 Å². The van der Waals surface area contributed by atoms with Crippen LogP contribution in [0.4, 0.5) is 4.39 Å². The lowest BCUT2D eigenvalue weighted by molar-refractivity contribution is -0.118. The molecular weight excluding hydrogens is 343 g/mol. The Kier molecular flexibility index (Phi) is 4.59. The zero-order valence-electron chi connectivity index (χ0n) is 13.5. The summed E-state index contributed by atoms with van der Waals surface area (Å²) in [7, 11) is -3.86. The molecule has 1 aromatic heterocycles. The monoisotopic (exact) mass is 360 g/mol. The summed E-state index contributed by atoms with van der Waals surface area (Å²) < 4.78 is 39.6. The molecule has 0 aliphatic rings. The smallest absolute Gasteiger partial charge is 0.239 e. The predicted octanol–water partition coefficient (Wildman–Crippen LogP) is 2.80. The average molecular weight is 360 g/mol. The van der Waals surface area contributed by atoms with E-state index in [-0.39, 0.29) is 12.2 Å². The van der Waals surface area contributed by atoms with Crippen LogP contribution in [0.25, 0.3) is 10.9 Å². The van der Waals surface area contributed by atoms with Crippen LogP contribution in [0.1, 0.15) is 16.7 Å². The molecule has 0 atom stereocenters. The Balaban J connectivity index is 1.71. The quantitative estimate of drug-likeness (QED) is 0.734. The standard InChI is InChI=1S/C18H17FN2O3S/c1-12-8-15(19)7-6-13(12)11-25(23,24)21-18(22)9-14-10-20-17-5-3-2-4-16(14)17/h2-8,10,20H,9,11H2,1H3,(H,21,22). The van der Waals surface area contributed by atoms with Crippen molar-refractivity contribution in [1.82, 2.24) is 9.71 Å². The first-order valence-electron chi connectivity index (χ1n) is 7.67. The van der Waals surface area contributed by atoms with Gasteiger partial charge in [-0.3, -0.25) is 9.52 Å². The van der Waals surface area contributed by atoms with Crippen LogP contribution in [-0.4, -0.2) is 19.3 Å². The van der Waals surface area contributed by atoms with Gasteiger partial charge in [0.2, 0.25) is 15.9 Å². The largest absolute Gasteiger partial charge is 0.361 e. The third kappa shape index (κ3) is 4.06. The van der Waals surface area contributed by atoms with Gasteiger partial charge in [-0.15, -0.1) is 0 Å². The van der Waals surface area contributed by atoms with Crippen molar-refractivity contribution < 1.29 is 17.6 Å². The number of aromatic nitrogens is 1. The molecule has 1 amide bonds. The summed E-state index contributed by atoms with van der Waals surface area (Å²) in [6.07, 6.45) is 1.65. The predicted molar refractivity (Wildman–Crippen MR) is 93.9 cm³/mol. The molecular formula is C18H17FN2O3S. The van der Waals surface area contributed by atoms with E-state index in [2.05, 4.69) is 9.71 Å². The second-order valence-electron chi connectivity index (χ2n) is 5.89. The molecule has 2 N–H and O–H groups in total. The van der Waals surface area contributed by atoms with Crippen LogP contribution in [0.2, 0.25) is 0 Å². The van der Waals surface area contributed by atoms with Crippen molar-refractivity contribution in [3.05, 3.63) is 71.2 Å². The number of amides is 1. The summed E-state index contributed by atoms with van der Waals surface area (Å²) >= 11 is 0. The van der Waals surface area contributed by atoms with E-state index in [1.54, 1.807) is 13.1 Å². The van der Waals surface area contributed by atoms with Crippen LogP contribution < -0.4 is 4.72 Å². The summed E-state index contributed by atoms with van der Waals surface area (Å²) in [4.78, 5) is 15.2. The SMILES string of the molecule is Cc1cc(F)ccc1CS(=O)(=O)NC(=O)Cc1c[nH]c2ccccc12. The van der Waals surface area contributed by atoms with Crippen molar-refractivity contribution in [2.75, 3.05) is 0 Å². The van der Waals surface area contributed by atoms with Gasteiger partial charge in [-0.2, -0.15) is 0 Å². The summed E-state index contributed by atoms with van der Waals surface area (Å²) in [6, 6.07) is 11.3. The van der Waals surface area contributed by atoms with Crippen molar-refractivity contribution in [3.8, 4) is 0 Å². The van der Waals surface area contributed by atoms with Crippen molar-refractivity contribution in [2.45, 2.75) is 19.1 Å². The van der Waals surface area contributed by atoms with E-state index in [0.717, 1.165) is 16.5 Å². The normalized spacial score (nSPS) is 11.6. The van der Waals surface area contributed by atoms with E-state index in [1.807, 2.05) is 24.3 Å². The number of nitrogens with one attached hydrogen (secondary N) is 2. The molecule has 0 fully saturated rings. The first-order valence-corrected chi connectivity index (χ1v) is 9.32. The number of sulfonamides is 1. The number of rotatable bonds is 5. The highest BCUT2D eigenvalue weighted by Gasteiger charge is 2.18. The Bertz CT molecular complexity index is 1040. The lowest BCUT2D eigenvalue weighted by Crippen LogP contribution is -2.32. The number of H-pyrrole nitrogens is 1. The maximum atomic E-state index is 13.1. The summed E-state index contributed by atoms with van der Waals surface area (Å²) in [6.45, 7) is 1.63. The van der Waals surface area contributed by atoms with Gasteiger partial charge in [-0.25, -0.2) is 12.8 Å². The Morgan fingerprint density at radius 3 is 2.68 bits per heavy atom. The fourth-order valence-corrected chi connectivity index (χ4v) is 3.95. The molecule has 3 aromatic rings. The lowest BCUT2D eigenvalue weighted by Gasteiger charge is -2.09. The van der Waals surface area contributed by atoms with Crippen molar-refractivity contribution in [2.24, 2.45) is 0 Å². The lowest BCUT2D eigenvalue weighted by atomic mass is 10.1. The molecule has 130 valence electrons. The molecule has 0 saturated heterocycles. The molecule has 0 bridgehead atoms. The summed E-state index contributed by atoms with van der Waals surface area (Å²) in [5.41, 5.74) is 2.58. The molecule has 0 radical (unpaired) electrons. The van der Waals surface area contributed by atoms with E-state index in [0.29, 0.717) is 11.1 Å². The van der Waals surface area contributed by atoms with Gasteiger partial charge >= 0.3 is 0 Å². The van der Waals surface area contributed by atoms with Crippen LogP contribution in [-0.2, 0) is 27.0 Å². The van der Waals surface area contributed by atoms with Crippen LogP contribution in [0, 0.1) is 12.7 Å². The number of carbonyl (C=O) groups excluding carboxylic acids is 1. The zero-order valence-corrected chi connectivity index (χ0v) is 14.4. The molecule has 5 nitrogen and oxygen atoms in total. The van der Waals surface area contributed by atoms with Crippen LogP contribution in [0.5, 0.6) is 0 Å². The molecule has 0 unspecified atom stereocenters. The van der Waals surface area contributed by atoms with Gasteiger partial charge in [0.1, 0.15) is 5.82 Å². The van der Waals surface area contributed by atoms with Gasteiger partial charge in [-0.1, -0.05) is 24.3 Å². The number of aromatic amines is 1. The molecule has 0 aliphatic carbocycles. The molecule has 3 rings (SSSR count). The van der Waals surface area contributed by atoms with Crippen LogP contribution >= 0.6 is 0 Å². The number of hydrogen-bond donors (Lipinski definition) is 2. The molecule has 25 heavy (non-hydrogen) atoms. The number of fused-ring (bicyclic) bond motifs is 1. The summed E-state index contributed by atoms with van der Waals surface area (Å²) in [5, 5.41) is 0.879.